The first kappa shape index (κ1) is 13.2. The van der Waals surface area contributed by atoms with Crippen LogP contribution in [-0.4, -0.2) is 34.6 Å². The number of halogens is 1. The summed E-state index contributed by atoms with van der Waals surface area (Å²) < 4.78 is 0. The Bertz CT molecular complexity index is 452. The smallest absolute Gasteiger partial charge is 0.253 e. The van der Waals surface area contributed by atoms with Gasteiger partial charge in [-0.3, -0.25) is 9.59 Å². The van der Waals surface area contributed by atoms with Crippen molar-refractivity contribution in [2.75, 3.05) is 12.3 Å². The molecule has 1 heterocycles. The predicted molar refractivity (Wildman–Crippen MR) is 61.2 cm³/mol. The molecule has 92 valence electrons. The van der Waals surface area contributed by atoms with Crippen LogP contribution in [0.5, 0.6) is 0 Å². The Hall–Kier alpha value is -1.86. The molecule has 1 aromatic heterocycles. The molecular weight excluding hydrogens is 248 g/mol. The van der Waals surface area contributed by atoms with Crippen LogP contribution in [0.1, 0.15) is 10.4 Å². The van der Waals surface area contributed by atoms with Gasteiger partial charge in [-0.1, -0.05) is 11.6 Å². The third kappa shape index (κ3) is 3.58. The van der Waals surface area contributed by atoms with E-state index in [2.05, 4.69) is 10.3 Å². The highest BCUT2D eigenvalue weighted by Crippen LogP contribution is 2.14. The molecule has 1 atom stereocenters. The van der Waals surface area contributed by atoms with Crippen LogP contribution in [0, 0.1) is 0 Å². The molecular formula is C9H11ClN4O3. The maximum Gasteiger partial charge on any atom is 0.253 e. The van der Waals surface area contributed by atoms with Crippen molar-refractivity contribution in [1.29, 1.82) is 0 Å². The fourth-order valence-electron chi connectivity index (χ4n) is 1.02. The molecule has 0 spiro atoms. The van der Waals surface area contributed by atoms with E-state index in [4.69, 9.17) is 28.2 Å². The molecule has 1 unspecified atom stereocenters. The molecule has 6 N–H and O–H groups in total. The highest BCUT2D eigenvalue weighted by Gasteiger charge is 2.15. The average Bonchev–Trinajstić information content (AvgIpc) is 2.28. The van der Waals surface area contributed by atoms with Crippen molar-refractivity contribution in [3.8, 4) is 0 Å². The standard InChI is InChI=1S/C9H11ClN4O3/c10-7-1-4(5(11)2-13-7)9(17)14-3-6(15)8(12)16/h1-2,6,15H,3,11H2,(H2,12,16)(H,14,17). The van der Waals surface area contributed by atoms with Crippen LogP contribution >= 0.6 is 11.6 Å². The Kier molecular flexibility index (Phi) is 4.24. The summed E-state index contributed by atoms with van der Waals surface area (Å²) in [6, 6.07) is 1.28. The van der Waals surface area contributed by atoms with Gasteiger partial charge in [0.25, 0.3) is 5.91 Å². The number of nitrogen functional groups attached to an aromatic ring is 1. The molecule has 0 aliphatic carbocycles. The number of aliphatic hydroxyl groups excluding tert-OH is 1. The lowest BCUT2D eigenvalue weighted by Gasteiger charge is -2.09. The van der Waals surface area contributed by atoms with Crippen LogP contribution < -0.4 is 16.8 Å². The summed E-state index contributed by atoms with van der Waals surface area (Å²) >= 11 is 5.60. The topological polar surface area (TPSA) is 131 Å². The fourth-order valence-corrected chi connectivity index (χ4v) is 1.18. The molecule has 1 rings (SSSR count). The second-order valence-electron chi connectivity index (χ2n) is 3.22. The number of carbonyl (C=O) groups excluding carboxylic acids is 2. The second-order valence-corrected chi connectivity index (χ2v) is 3.61. The molecule has 8 heteroatoms. The monoisotopic (exact) mass is 258 g/mol. The Balaban J connectivity index is 2.70. The first-order valence-electron chi connectivity index (χ1n) is 4.58. The van der Waals surface area contributed by atoms with Crippen molar-refractivity contribution >= 4 is 29.1 Å². The molecule has 0 saturated carbocycles. The summed E-state index contributed by atoms with van der Waals surface area (Å²) in [5.74, 6) is -1.50. The lowest BCUT2D eigenvalue weighted by molar-refractivity contribution is -0.125. The van der Waals surface area contributed by atoms with Crippen LogP contribution in [-0.2, 0) is 4.79 Å². The van der Waals surface area contributed by atoms with Crippen molar-refractivity contribution in [1.82, 2.24) is 10.3 Å². The summed E-state index contributed by atoms with van der Waals surface area (Å²) in [4.78, 5) is 25.8. The van der Waals surface area contributed by atoms with E-state index in [1.165, 1.54) is 12.3 Å². The van der Waals surface area contributed by atoms with Crippen molar-refractivity contribution in [3.05, 3.63) is 23.0 Å². The van der Waals surface area contributed by atoms with Crippen LogP contribution in [0.3, 0.4) is 0 Å². The zero-order valence-electron chi connectivity index (χ0n) is 8.68. The minimum Gasteiger partial charge on any atom is -0.397 e. The Morgan fingerprint density at radius 3 is 2.82 bits per heavy atom. The van der Waals surface area contributed by atoms with Crippen molar-refractivity contribution in [2.45, 2.75) is 6.10 Å². The molecule has 7 nitrogen and oxygen atoms in total. The van der Waals surface area contributed by atoms with Gasteiger partial charge in [-0.2, -0.15) is 0 Å². The van der Waals surface area contributed by atoms with E-state index in [9.17, 15) is 9.59 Å². The van der Waals surface area contributed by atoms with Crippen molar-refractivity contribution < 1.29 is 14.7 Å². The second kappa shape index (κ2) is 5.46. The lowest BCUT2D eigenvalue weighted by Crippen LogP contribution is -2.40. The number of primary amides is 1. The van der Waals surface area contributed by atoms with Gasteiger partial charge in [0.15, 0.2) is 0 Å². The minimum absolute atomic E-state index is 0.111. The largest absolute Gasteiger partial charge is 0.397 e. The molecule has 1 aromatic rings. The van der Waals surface area contributed by atoms with Gasteiger partial charge in [-0.25, -0.2) is 4.98 Å². The van der Waals surface area contributed by atoms with Gasteiger partial charge in [-0.05, 0) is 6.07 Å². The summed E-state index contributed by atoms with van der Waals surface area (Å²) in [6.07, 6.45) is -0.209. The normalized spacial score (nSPS) is 11.9. The maximum absolute atomic E-state index is 11.6. The Labute approximate surface area is 102 Å². The summed E-state index contributed by atoms with van der Waals surface area (Å²) in [5, 5.41) is 11.5. The number of nitrogens with two attached hydrogens (primary N) is 2. The van der Waals surface area contributed by atoms with Crippen LogP contribution in [0.25, 0.3) is 0 Å². The van der Waals surface area contributed by atoms with Crippen LogP contribution in [0.15, 0.2) is 12.3 Å². The predicted octanol–water partition coefficient (Wildman–Crippen LogP) is -1.11. The quantitative estimate of drug-likeness (QED) is 0.509. The van der Waals surface area contributed by atoms with Crippen molar-refractivity contribution in [3.63, 3.8) is 0 Å². The van der Waals surface area contributed by atoms with Gasteiger partial charge in [0, 0.05) is 0 Å². The summed E-state index contributed by atoms with van der Waals surface area (Å²) in [5.41, 5.74) is 10.6. The summed E-state index contributed by atoms with van der Waals surface area (Å²) in [6.45, 7) is -0.298. The number of amides is 2. The third-order valence-electron chi connectivity index (χ3n) is 1.93. The maximum atomic E-state index is 11.6. The van der Waals surface area contributed by atoms with E-state index in [1.54, 1.807) is 0 Å². The van der Waals surface area contributed by atoms with E-state index >= 15 is 0 Å². The molecule has 17 heavy (non-hydrogen) atoms. The number of rotatable bonds is 4. The molecule has 0 bridgehead atoms. The van der Waals surface area contributed by atoms with Gasteiger partial charge >= 0.3 is 0 Å². The number of hydrogen-bond donors (Lipinski definition) is 4. The highest BCUT2D eigenvalue weighted by molar-refractivity contribution is 6.29. The number of nitrogens with one attached hydrogen (secondary N) is 1. The molecule has 2 amide bonds. The van der Waals surface area contributed by atoms with Crippen LogP contribution in [0.4, 0.5) is 5.69 Å². The van der Waals surface area contributed by atoms with Gasteiger partial charge in [0.1, 0.15) is 11.3 Å². The molecule has 0 saturated heterocycles. The van der Waals surface area contributed by atoms with E-state index in [0.717, 1.165) is 0 Å². The van der Waals surface area contributed by atoms with Crippen LogP contribution in [0.2, 0.25) is 5.15 Å². The zero-order valence-corrected chi connectivity index (χ0v) is 9.44. The molecule has 0 aliphatic heterocycles. The van der Waals surface area contributed by atoms with Gasteiger partial charge < -0.3 is 21.9 Å². The molecule has 0 fully saturated rings. The first-order valence-corrected chi connectivity index (χ1v) is 4.96. The number of pyridine rings is 1. The SMILES string of the molecule is NC(=O)C(O)CNC(=O)c1cc(Cl)ncc1N. The summed E-state index contributed by atoms with van der Waals surface area (Å²) in [7, 11) is 0. The van der Waals surface area contributed by atoms with Crippen molar-refractivity contribution in [2.24, 2.45) is 5.73 Å². The van der Waals surface area contributed by atoms with Gasteiger partial charge in [0.2, 0.25) is 5.91 Å². The van der Waals surface area contributed by atoms with Gasteiger partial charge in [-0.15, -0.1) is 0 Å². The lowest BCUT2D eigenvalue weighted by atomic mass is 10.2. The Morgan fingerprint density at radius 2 is 2.24 bits per heavy atom. The number of carbonyl (C=O) groups is 2. The zero-order chi connectivity index (χ0) is 13.0. The number of nitrogens with zero attached hydrogens (tertiary/aromatic N) is 1. The number of anilines is 1. The third-order valence-corrected chi connectivity index (χ3v) is 2.14. The molecule has 0 aliphatic rings. The van der Waals surface area contributed by atoms with E-state index in [-0.39, 0.29) is 22.9 Å². The number of aromatic nitrogens is 1. The molecule has 0 aromatic carbocycles. The average molecular weight is 259 g/mol. The first-order chi connectivity index (χ1) is 7.91. The number of aliphatic hydroxyl groups is 1. The Morgan fingerprint density at radius 1 is 1.59 bits per heavy atom. The number of hydrogen-bond acceptors (Lipinski definition) is 5. The van der Waals surface area contributed by atoms with Gasteiger partial charge in [0.05, 0.1) is 24.0 Å². The van der Waals surface area contributed by atoms with E-state index in [0.29, 0.717) is 0 Å². The highest BCUT2D eigenvalue weighted by atomic mass is 35.5. The van der Waals surface area contributed by atoms with E-state index in [1.807, 2.05) is 0 Å². The molecule has 0 radical (unpaired) electrons. The minimum atomic E-state index is -1.45. The van der Waals surface area contributed by atoms with E-state index < -0.39 is 17.9 Å². The fraction of sp³-hybridized carbons (Fsp3) is 0.222.